The van der Waals surface area contributed by atoms with Crippen LogP contribution >= 0.6 is 11.3 Å². The predicted molar refractivity (Wildman–Crippen MR) is 202 cm³/mol. The molecule has 0 amide bonds. The van der Waals surface area contributed by atoms with Gasteiger partial charge in [-0.2, -0.15) is 0 Å². The van der Waals surface area contributed by atoms with E-state index >= 15 is 0 Å². The van der Waals surface area contributed by atoms with Gasteiger partial charge in [-0.1, -0.05) is 135 Å². The van der Waals surface area contributed by atoms with Gasteiger partial charge in [-0.3, -0.25) is 0 Å². The highest BCUT2D eigenvalue weighted by molar-refractivity contribution is 7.26. The van der Waals surface area contributed by atoms with E-state index < -0.39 is 0 Å². The molecule has 0 fully saturated rings. The highest BCUT2D eigenvalue weighted by Gasteiger charge is 2.37. The quantitative estimate of drug-likeness (QED) is 0.185. The minimum Gasteiger partial charge on any atom is -0.310 e. The Hall–Kier alpha value is -5.44. The first-order chi connectivity index (χ1) is 23.1. The summed E-state index contributed by atoms with van der Waals surface area (Å²) >= 11 is 1.87. The average Bonchev–Trinajstić information content (AvgIpc) is 3.62. The summed E-state index contributed by atoms with van der Waals surface area (Å²) < 4.78 is 2.62. The SMILES string of the molecule is CC1(C)c2cc(N(c3ccc(-c4ccccc4)cc3)c3cccc4sc5ccccc5c34)ccc2-c2c(-c3ccccc3)cccc21. The summed E-state index contributed by atoms with van der Waals surface area (Å²) in [4.78, 5) is 2.47. The van der Waals surface area contributed by atoms with E-state index in [1.807, 2.05) is 11.3 Å². The van der Waals surface area contributed by atoms with Gasteiger partial charge in [0, 0.05) is 37.0 Å². The first-order valence-electron chi connectivity index (χ1n) is 16.3. The zero-order chi connectivity index (χ0) is 31.5. The normalized spacial score (nSPS) is 13.1. The van der Waals surface area contributed by atoms with E-state index in [2.05, 4.69) is 183 Å². The molecule has 224 valence electrons. The van der Waals surface area contributed by atoms with Crippen molar-refractivity contribution in [1.82, 2.24) is 0 Å². The molecule has 2 heteroatoms. The lowest BCUT2D eigenvalue weighted by Crippen LogP contribution is -2.16. The van der Waals surface area contributed by atoms with Crippen LogP contribution in [0.15, 0.2) is 164 Å². The molecular formula is C45H33NS. The molecule has 0 unspecified atom stereocenters. The number of nitrogens with zero attached hydrogens (tertiary/aromatic N) is 1. The van der Waals surface area contributed by atoms with Crippen LogP contribution < -0.4 is 4.90 Å². The van der Waals surface area contributed by atoms with Crippen molar-refractivity contribution in [3.05, 3.63) is 175 Å². The number of anilines is 3. The second kappa shape index (κ2) is 10.8. The number of thiophene rings is 1. The molecule has 1 aliphatic carbocycles. The molecule has 1 aromatic heterocycles. The number of hydrogen-bond acceptors (Lipinski definition) is 2. The van der Waals surface area contributed by atoms with Crippen molar-refractivity contribution >= 4 is 48.6 Å². The number of hydrogen-bond donors (Lipinski definition) is 0. The molecule has 9 rings (SSSR count). The minimum absolute atomic E-state index is 0.143. The van der Waals surface area contributed by atoms with Crippen LogP contribution in [0.25, 0.3) is 53.6 Å². The van der Waals surface area contributed by atoms with Crippen molar-refractivity contribution in [3.63, 3.8) is 0 Å². The maximum absolute atomic E-state index is 2.47. The van der Waals surface area contributed by atoms with Crippen molar-refractivity contribution in [2.75, 3.05) is 4.90 Å². The van der Waals surface area contributed by atoms with Gasteiger partial charge in [0.1, 0.15) is 0 Å². The largest absolute Gasteiger partial charge is 0.310 e. The fourth-order valence-corrected chi connectivity index (χ4v) is 8.70. The smallest absolute Gasteiger partial charge is 0.0554 e. The predicted octanol–water partition coefficient (Wildman–Crippen LogP) is 13.2. The summed E-state index contributed by atoms with van der Waals surface area (Å²) in [6, 6.07) is 60.0. The topological polar surface area (TPSA) is 3.24 Å². The molecule has 0 N–H and O–H groups in total. The summed E-state index contributed by atoms with van der Waals surface area (Å²) in [6.07, 6.45) is 0. The number of benzene rings is 7. The Balaban J connectivity index is 1.26. The van der Waals surface area contributed by atoms with Gasteiger partial charge in [-0.05, 0) is 87.0 Å². The Morgan fingerprint density at radius 1 is 0.468 bits per heavy atom. The van der Waals surface area contributed by atoms with E-state index in [0.29, 0.717) is 0 Å². The van der Waals surface area contributed by atoms with Crippen molar-refractivity contribution < 1.29 is 0 Å². The summed E-state index contributed by atoms with van der Waals surface area (Å²) in [5.74, 6) is 0. The first kappa shape index (κ1) is 27.8. The minimum atomic E-state index is -0.143. The van der Waals surface area contributed by atoms with E-state index in [0.717, 1.165) is 5.69 Å². The Morgan fingerprint density at radius 2 is 1.11 bits per heavy atom. The molecule has 1 nitrogen and oxygen atoms in total. The van der Waals surface area contributed by atoms with Crippen molar-refractivity contribution in [3.8, 4) is 33.4 Å². The third-order valence-electron chi connectivity index (χ3n) is 9.88. The summed E-state index contributed by atoms with van der Waals surface area (Å²) in [6.45, 7) is 4.75. The third-order valence-corrected chi connectivity index (χ3v) is 11.0. The summed E-state index contributed by atoms with van der Waals surface area (Å²) in [7, 11) is 0. The molecule has 7 aromatic carbocycles. The monoisotopic (exact) mass is 619 g/mol. The van der Waals surface area contributed by atoms with Crippen LogP contribution in [0.4, 0.5) is 17.1 Å². The van der Waals surface area contributed by atoms with Gasteiger partial charge < -0.3 is 4.90 Å². The third kappa shape index (κ3) is 4.44. The van der Waals surface area contributed by atoms with E-state index in [4.69, 9.17) is 0 Å². The van der Waals surface area contributed by atoms with Crippen LogP contribution in [0.3, 0.4) is 0 Å². The lowest BCUT2D eigenvalue weighted by atomic mass is 9.81. The standard InChI is InChI=1S/C45H33NS/c1-45(2)38-19-11-18-35(32-15-7-4-8-16-32)43(38)36-28-27-34(29-39(36)45)46(33-25-23-31(24-26-33)30-13-5-3-6-14-30)40-20-12-22-42-44(40)37-17-9-10-21-41(37)47-42/h3-29H,1-2H3. The van der Waals surface area contributed by atoms with Gasteiger partial charge in [0.25, 0.3) is 0 Å². The molecule has 47 heavy (non-hydrogen) atoms. The van der Waals surface area contributed by atoms with Gasteiger partial charge in [0.15, 0.2) is 0 Å². The van der Waals surface area contributed by atoms with E-state index in [9.17, 15) is 0 Å². The highest BCUT2D eigenvalue weighted by Crippen LogP contribution is 2.54. The van der Waals surface area contributed by atoms with Gasteiger partial charge >= 0.3 is 0 Å². The van der Waals surface area contributed by atoms with Gasteiger partial charge in [0.2, 0.25) is 0 Å². The van der Waals surface area contributed by atoms with Gasteiger partial charge in [0.05, 0.1) is 5.69 Å². The molecule has 0 radical (unpaired) electrons. The molecule has 0 aliphatic heterocycles. The number of rotatable bonds is 5. The van der Waals surface area contributed by atoms with Gasteiger partial charge in [-0.25, -0.2) is 0 Å². The molecule has 0 spiro atoms. The Bertz CT molecular complexity index is 2420. The molecule has 0 atom stereocenters. The molecular weight excluding hydrogens is 587 g/mol. The van der Waals surface area contributed by atoms with Crippen LogP contribution in [0.2, 0.25) is 0 Å². The second-order valence-electron chi connectivity index (χ2n) is 12.9. The first-order valence-corrected chi connectivity index (χ1v) is 17.1. The Labute approximate surface area is 280 Å². The lowest BCUT2D eigenvalue weighted by molar-refractivity contribution is 0.660. The fourth-order valence-electron chi connectivity index (χ4n) is 7.58. The fraction of sp³-hybridized carbons (Fsp3) is 0.0667. The molecule has 1 aliphatic rings. The van der Waals surface area contributed by atoms with Crippen molar-refractivity contribution in [1.29, 1.82) is 0 Å². The molecule has 0 bridgehead atoms. The van der Waals surface area contributed by atoms with Crippen LogP contribution in [-0.4, -0.2) is 0 Å². The Kier molecular flexibility index (Phi) is 6.41. The average molecular weight is 620 g/mol. The zero-order valence-electron chi connectivity index (χ0n) is 26.4. The summed E-state index contributed by atoms with van der Waals surface area (Å²) in [5.41, 5.74) is 13.8. The number of fused-ring (bicyclic) bond motifs is 6. The lowest BCUT2D eigenvalue weighted by Gasteiger charge is -2.29. The van der Waals surface area contributed by atoms with Crippen molar-refractivity contribution in [2.45, 2.75) is 19.3 Å². The second-order valence-corrected chi connectivity index (χ2v) is 14.0. The van der Waals surface area contributed by atoms with Gasteiger partial charge in [-0.15, -0.1) is 11.3 Å². The summed E-state index contributed by atoms with van der Waals surface area (Å²) in [5, 5.41) is 2.60. The van der Waals surface area contributed by atoms with Crippen LogP contribution in [-0.2, 0) is 5.41 Å². The van der Waals surface area contributed by atoms with Crippen LogP contribution in [0.1, 0.15) is 25.0 Å². The maximum Gasteiger partial charge on any atom is 0.0554 e. The van der Waals surface area contributed by atoms with E-state index in [-0.39, 0.29) is 5.41 Å². The van der Waals surface area contributed by atoms with E-state index in [1.54, 1.807) is 0 Å². The Morgan fingerprint density at radius 3 is 1.89 bits per heavy atom. The van der Waals surface area contributed by atoms with Crippen molar-refractivity contribution in [2.24, 2.45) is 0 Å². The molecule has 0 saturated carbocycles. The van der Waals surface area contributed by atoms with E-state index in [1.165, 1.54) is 76.1 Å². The molecule has 0 saturated heterocycles. The highest BCUT2D eigenvalue weighted by atomic mass is 32.1. The van der Waals surface area contributed by atoms with Crippen LogP contribution in [0, 0.1) is 0 Å². The molecule has 8 aromatic rings. The molecule has 1 heterocycles. The maximum atomic E-state index is 2.47. The van der Waals surface area contributed by atoms with Crippen LogP contribution in [0.5, 0.6) is 0 Å². The zero-order valence-corrected chi connectivity index (χ0v) is 27.3.